The molecule has 1 aliphatic carbocycles. The van der Waals surface area contributed by atoms with E-state index in [1.165, 1.54) is 58.4 Å². The molecular weight excluding hydrogens is 376 g/mol. The maximum Gasteiger partial charge on any atom is 0.0249 e. The molecule has 0 unspecified atom stereocenters. The van der Waals surface area contributed by atoms with Crippen LogP contribution in [0.15, 0.2) is 84.9 Å². The van der Waals surface area contributed by atoms with Crippen LogP contribution in [0.3, 0.4) is 0 Å². The van der Waals surface area contributed by atoms with Crippen molar-refractivity contribution in [2.45, 2.75) is 50.9 Å². The van der Waals surface area contributed by atoms with Crippen molar-refractivity contribution in [3.8, 4) is 0 Å². The van der Waals surface area contributed by atoms with Gasteiger partial charge in [0.1, 0.15) is 0 Å². The Balaban J connectivity index is 1.32. The standard InChI is InChI=1S/C29H32N2/c1-31(21-25-15-9-13-23-11-3-5-17-27(23)25)29-19-7-6-18-28(29)30-20-24-14-8-12-22-10-2-4-16-26(22)24/h2-5,8-17,28-30H,6-7,18-21H2,1H3/t28-,29-/m1/s1. The number of hydrogen-bond donors (Lipinski definition) is 1. The molecule has 1 aliphatic rings. The predicted molar refractivity (Wildman–Crippen MR) is 132 cm³/mol. The summed E-state index contributed by atoms with van der Waals surface area (Å²) in [5, 5.41) is 9.36. The molecule has 0 bridgehead atoms. The first-order chi connectivity index (χ1) is 15.3. The minimum Gasteiger partial charge on any atom is -0.308 e. The zero-order valence-electron chi connectivity index (χ0n) is 18.4. The lowest BCUT2D eigenvalue weighted by molar-refractivity contribution is 0.142. The van der Waals surface area contributed by atoms with Crippen molar-refractivity contribution in [3.05, 3.63) is 96.1 Å². The van der Waals surface area contributed by atoms with Crippen molar-refractivity contribution in [2.24, 2.45) is 0 Å². The topological polar surface area (TPSA) is 15.3 Å². The lowest BCUT2D eigenvalue weighted by Gasteiger charge is -2.39. The fraction of sp³-hybridized carbons (Fsp3) is 0.310. The molecule has 1 N–H and O–H groups in total. The molecule has 0 saturated heterocycles. The maximum absolute atomic E-state index is 3.94. The van der Waals surface area contributed by atoms with Gasteiger partial charge < -0.3 is 5.32 Å². The molecule has 0 spiro atoms. The van der Waals surface area contributed by atoms with Gasteiger partial charge in [0, 0.05) is 25.2 Å². The molecule has 1 fully saturated rings. The highest BCUT2D eigenvalue weighted by atomic mass is 15.2. The Labute approximate surface area is 185 Å². The van der Waals surface area contributed by atoms with Gasteiger partial charge >= 0.3 is 0 Å². The molecule has 2 nitrogen and oxygen atoms in total. The highest BCUT2D eigenvalue weighted by molar-refractivity contribution is 5.86. The second kappa shape index (κ2) is 9.21. The normalized spacial score (nSPS) is 19.3. The van der Waals surface area contributed by atoms with Crippen LogP contribution in [0, 0.1) is 0 Å². The van der Waals surface area contributed by atoms with Crippen LogP contribution in [0.1, 0.15) is 36.8 Å². The van der Waals surface area contributed by atoms with E-state index in [0.29, 0.717) is 12.1 Å². The number of fused-ring (bicyclic) bond motifs is 2. The number of nitrogens with zero attached hydrogens (tertiary/aromatic N) is 1. The highest BCUT2D eigenvalue weighted by Gasteiger charge is 2.28. The van der Waals surface area contributed by atoms with Crippen LogP contribution < -0.4 is 5.32 Å². The second-order valence-electron chi connectivity index (χ2n) is 9.03. The van der Waals surface area contributed by atoms with E-state index < -0.39 is 0 Å². The summed E-state index contributed by atoms with van der Waals surface area (Å²) in [6.07, 6.45) is 5.19. The molecule has 31 heavy (non-hydrogen) atoms. The van der Waals surface area contributed by atoms with Gasteiger partial charge in [-0.25, -0.2) is 0 Å². The molecule has 2 atom stereocenters. The van der Waals surface area contributed by atoms with Crippen LogP contribution in [0.5, 0.6) is 0 Å². The van der Waals surface area contributed by atoms with E-state index in [1.54, 1.807) is 0 Å². The van der Waals surface area contributed by atoms with Crippen LogP contribution in [-0.2, 0) is 13.1 Å². The number of likely N-dealkylation sites (N-methyl/N-ethyl adjacent to an activating group) is 1. The molecule has 0 amide bonds. The Hall–Kier alpha value is -2.68. The van der Waals surface area contributed by atoms with Gasteiger partial charge in [-0.3, -0.25) is 4.90 Å². The summed E-state index contributed by atoms with van der Waals surface area (Å²) in [6.45, 7) is 1.93. The summed E-state index contributed by atoms with van der Waals surface area (Å²) >= 11 is 0. The van der Waals surface area contributed by atoms with Gasteiger partial charge in [-0.1, -0.05) is 97.8 Å². The molecule has 0 aliphatic heterocycles. The van der Waals surface area contributed by atoms with Gasteiger partial charge in [-0.2, -0.15) is 0 Å². The van der Waals surface area contributed by atoms with E-state index in [-0.39, 0.29) is 0 Å². The first-order valence-corrected chi connectivity index (χ1v) is 11.7. The van der Waals surface area contributed by atoms with E-state index in [9.17, 15) is 0 Å². The van der Waals surface area contributed by atoms with Gasteiger partial charge in [0.2, 0.25) is 0 Å². The Kier molecular flexibility index (Phi) is 6.01. The third-order valence-corrected chi connectivity index (χ3v) is 7.03. The first kappa shape index (κ1) is 20.2. The third kappa shape index (κ3) is 4.37. The van der Waals surface area contributed by atoms with Crippen molar-refractivity contribution in [2.75, 3.05) is 7.05 Å². The molecule has 4 aromatic rings. The van der Waals surface area contributed by atoms with E-state index >= 15 is 0 Å². The Bertz CT molecular complexity index is 1150. The van der Waals surface area contributed by atoms with Gasteiger partial charge in [0.25, 0.3) is 0 Å². The Morgan fingerprint density at radius 3 is 2.03 bits per heavy atom. The fourth-order valence-corrected chi connectivity index (χ4v) is 5.38. The Morgan fingerprint density at radius 1 is 0.710 bits per heavy atom. The second-order valence-corrected chi connectivity index (χ2v) is 9.03. The van der Waals surface area contributed by atoms with E-state index in [4.69, 9.17) is 0 Å². The Morgan fingerprint density at radius 2 is 1.29 bits per heavy atom. The van der Waals surface area contributed by atoms with Crippen LogP contribution in [-0.4, -0.2) is 24.0 Å². The minimum atomic E-state index is 0.535. The lowest BCUT2D eigenvalue weighted by Crippen LogP contribution is -2.49. The smallest absolute Gasteiger partial charge is 0.0249 e. The number of benzene rings is 4. The molecule has 5 rings (SSSR count). The summed E-state index contributed by atoms with van der Waals surface area (Å²) in [7, 11) is 2.31. The molecule has 0 heterocycles. The molecule has 1 saturated carbocycles. The highest BCUT2D eigenvalue weighted by Crippen LogP contribution is 2.27. The van der Waals surface area contributed by atoms with E-state index in [1.807, 2.05) is 0 Å². The monoisotopic (exact) mass is 408 g/mol. The molecule has 4 aromatic carbocycles. The SMILES string of the molecule is CN(Cc1cccc2ccccc12)[C@@H]1CCCC[C@H]1NCc1cccc2ccccc12. The number of hydrogen-bond acceptors (Lipinski definition) is 2. The van der Waals surface area contributed by atoms with Crippen LogP contribution in [0.25, 0.3) is 21.5 Å². The molecule has 0 aromatic heterocycles. The van der Waals surface area contributed by atoms with Crippen molar-refractivity contribution in [1.82, 2.24) is 10.2 Å². The zero-order valence-corrected chi connectivity index (χ0v) is 18.4. The van der Waals surface area contributed by atoms with Crippen molar-refractivity contribution >= 4 is 21.5 Å². The minimum absolute atomic E-state index is 0.535. The molecule has 2 heteroatoms. The van der Waals surface area contributed by atoms with Crippen LogP contribution in [0.2, 0.25) is 0 Å². The molecular formula is C29H32N2. The fourth-order valence-electron chi connectivity index (χ4n) is 5.38. The number of nitrogens with one attached hydrogen (secondary N) is 1. The lowest BCUT2D eigenvalue weighted by atomic mass is 9.88. The van der Waals surface area contributed by atoms with Gasteiger partial charge in [0.05, 0.1) is 0 Å². The van der Waals surface area contributed by atoms with E-state index in [0.717, 1.165) is 13.1 Å². The van der Waals surface area contributed by atoms with Crippen molar-refractivity contribution < 1.29 is 0 Å². The quantitative estimate of drug-likeness (QED) is 0.390. The van der Waals surface area contributed by atoms with E-state index in [2.05, 4.69) is 102 Å². The summed E-state index contributed by atoms with van der Waals surface area (Å²) in [5.41, 5.74) is 2.83. The summed E-state index contributed by atoms with van der Waals surface area (Å²) in [6, 6.07) is 32.0. The van der Waals surface area contributed by atoms with Crippen molar-refractivity contribution in [1.29, 1.82) is 0 Å². The van der Waals surface area contributed by atoms with Crippen molar-refractivity contribution in [3.63, 3.8) is 0 Å². The first-order valence-electron chi connectivity index (χ1n) is 11.7. The zero-order chi connectivity index (χ0) is 21.0. The summed E-state index contributed by atoms with van der Waals surface area (Å²) in [4.78, 5) is 2.59. The van der Waals surface area contributed by atoms with Gasteiger partial charge in [-0.15, -0.1) is 0 Å². The molecule has 0 radical (unpaired) electrons. The average Bonchev–Trinajstić information content (AvgIpc) is 2.83. The predicted octanol–water partition coefficient (Wildman–Crippen LogP) is 6.53. The summed E-state index contributed by atoms with van der Waals surface area (Å²) < 4.78 is 0. The molecule has 158 valence electrons. The van der Waals surface area contributed by atoms with Gasteiger partial charge in [0.15, 0.2) is 0 Å². The van der Waals surface area contributed by atoms with Gasteiger partial charge in [-0.05, 0) is 52.6 Å². The summed E-state index contributed by atoms with van der Waals surface area (Å²) in [5.74, 6) is 0. The van der Waals surface area contributed by atoms with Crippen LogP contribution in [0.4, 0.5) is 0 Å². The average molecular weight is 409 g/mol. The largest absolute Gasteiger partial charge is 0.308 e. The number of rotatable bonds is 6. The maximum atomic E-state index is 3.94. The van der Waals surface area contributed by atoms with Crippen LogP contribution >= 0.6 is 0 Å². The third-order valence-electron chi connectivity index (χ3n) is 7.03.